The predicted molar refractivity (Wildman–Crippen MR) is 114 cm³/mol. The van der Waals surface area contributed by atoms with Gasteiger partial charge in [-0.05, 0) is 48.9 Å². The van der Waals surface area contributed by atoms with Gasteiger partial charge in [-0.25, -0.2) is 0 Å². The topological polar surface area (TPSA) is 95.7 Å². The van der Waals surface area contributed by atoms with E-state index >= 15 is 0 Å². The number of amides is 3. The van der Waals surface area contributed by atoms with Gasteiger partial charge >= 0.3 is 0 Å². The quantitative estimate of drug-likeness (QED) is 0.537. The molecule has 3 rings (SSSR count). The molecular weight excluding hydrogens is 400 g/mol. The number of piperazine rings is 1. The van der Waals surface area contributed by atoms with Crippen LogP contribution in [-0.4, -0.2) is 54.7 Å². The number of benzene rings is 1. The number of rotatable bonds is 6. The summed E-state index contributed by atoms with van der Waals surface area (Å²) in [6.07, 6.45) is 4.02. The highest BCUT2D eigenvalue weighted by Crippen LogP contribution is 2.30. The van der Waals surface area contributed by atoms with Crippen molar-refractivity contribution in [2.24, 2.45) is 5.73 Å². The molecule has 28 heavy (non-hydrogen) atoms. The number of thioether (sulfide) groups is 1. The van der Waals surface area contributed by atoms with E-state index in [1.165, 1.54) is 0 Å². The third kappa shape index (κ3) is 5.50. The van der Waals surface area contributed by atoms with Crippen molar-refractivity contribution in [3.8, 4) is 0 Å². The number of halogens is 1. The standard InChI is InChI=1S/C19H24N4O3S.ClH/c20-8-4-3-7-17(24)23-11-9-22(10-12-23)15-6-2-1-5-14(15)13-16-18(25)21-19(26)27-16;/h1-2,5-6,13H,3-4,7-12,20H2,(H,21,25,26);1H/b16-13-;. The fraction of sp³-hybridized carbons (Fsp3) is 0.421. The summed E-state index contributed by atoms with van der Waals surface area (Å²) in [5, 5.41) is 1.93. The average Bonchev–Trinajstić information content (AvgIpc) is 2.99. The zero-order valence-corrected chi connectivity index (χ0v) is 17.2. The second kappa shape index (κ2) is 10.5. The first-order chi connectivity index (χ1) is 13.1. The van der Waals surface area contributed by atoms with Crippen molar-refractivity contribution in [1.82, 2.24) is 10.2 Å². The van der Waals surface area contributed by atoms with Crippen molar-refractivity contribution in [3.63, 3.8) is 0 Å². The Kier molecular flexibility index (Phi) is 8.35. The number of para-hydroxylation sites is 1. The first kappa shape index (κ1) is 22.3. The molecule has 0 unspecified atom stereocenters. The Morgan fingerprint density at radius 1 is 1.14 bits per heavy atom. The molecule has 2 aliphatic heterocycles. The molecule has 2 fully saturated rings. The van der Waals surface area contributed by atoms with Gasteiger partial charge in [0, 0.05) is 38.3 Å². The minimum Gasteiger partial charge on any atom is -0.367 e. The average molecular weight is 425 g/mol. The van der Waals surface area contributed by atoms with Crippen molar-refractivity contribution in [1.29, 1.82) is 0 Å². The van der Waals surface area contributed by atoms with Crippen LogP contribution in [0.4, 0.5) is 10.5 Å². The first-order valence-electron chi connectivity index (χ1n) is 9.15. The van der Waals surface area contributed by atoms with E-state index in [4.69, 9.17) is 5.73 Å². The lowest BCUT2D eigenvalue weighted by Gasteiger charge is -2.37. The lowest BCUT2D eigenvalue weighted by molar-refractivity contribution is -0.131. The van der Waals surface area contributed by atoms with Gasteiger partial charge in [-0.15, -0.1) is 12.4 Å². The third-order valence-electron chi connectivity index (χ3n) is 4.68. The monoisotopic (exact) mass is 424 g/mol. The molecule has 1 aromatic rings. The Morgan fingerprint density at radius 3 is 2.50 bits per heavy atom. The molecule has 2 heterocycles. The van der Waals surface area contributed by atoms with Crippen molar-refractivity contribution in [3.05, 3.63) is 34.7 Å². The van der Waals surface area contributed by atoms with Gasteiger partial charge in [0.25, 0.3) is 11.1 Å². The molecule has 2 aliphatic rings. The van der Waals surface area contributed by atoms with Crippen molar-refractivity contribution >= 4 is 53.0 Å². The van der Waals surface area contributed by atoms with Crippen LogP contribution in [0.15, 0.2) is 29.2 Å². The number of nitrogens with zero attached hydrogens (tertiary/aromatic N) is 2. The second-order valence-electron chi connectivity index (χ2n) is 6.52. The second-order valence-corrected chi connectivity index (χ2v) is 7.54. The fourth-order valence-corrected chi connectivity index (χ4v) is 3.91. The summed E-state index contributed by atoms with van der Waals surface area (Å²) in [4.78, 5) is 40.0. The number of unbranched alkanes of at least 4 members (excludes halogenated alkanes) is 1. The molecule has 9 heteroatoms. The number of anilines is 1. The van der Waals surface area contributed by atoms with Gasteiger partial charge in [-0.2, -0.15) is 0 Å². The van der Waals surface area contributed by atoms with Gasteiger partial charge in [-0.3, -0.25) is 19.7 Å². The van der Waals surface area contributed by atoms with Gasteiger partial charge in [0.2, 0.25) is 5.91 Å². The van der Waals surface area contributed by atoms with E-state index in [2.05, 4.69) is 10.2 Å². The van der Waals surface area contributed by atoms with Crippen LogP contribution in [0.5, 0.6) is 0 Å². The highest BCUT2D eigenvalue weighted by molar-refractivity contribution is 8.18. The van der Waals surface area contributed by atoms with Crippen LogP contribution in [0, 0.1) is 0 Å². The Morgan fingerprint density at radius 2 is 1.86 bits per heavy atom. The first-order valence-corrected chi connectivity index (χ1v) is 9.97. The van der Waals surface area contributed by atoms with Crippen LogP contribution < -0.4 is 16.0 Å². The molecular formula is C19H25ClN4O3S. The highest BCUT2D eigenvalue weighted by Gasteiger charge is 2.26. The Balaban J connectivity index is 0.00000280. The number of carbonyl (C=O) groups excluding carboxylic acids is 3. The summed E-state index contributed by atoms with van der Waals surface area (Å²) in [7, 11) is 0. The SMILES string of the molecule is Cl.NCCCCC(=O)N1CCN(c2ccccc2/C=C2\SC(=O)NC2=O)CC1. The van der Waals surface area contributed by atoms with Gasteiger partial charge < -0.3 is 15.5 Å². The van der Waals surface area contributed by atoms with Crippen molar-refractivity contribution in [2.75, 3.05) is 37.6 Å². The maximum atomic E-state index is 12.3. The van der Waals surface area contributed by atoms with Crippen LogP contribution >= 0.6 is 24.2 Å². The molecule has 3 N–H and O–H groups in total. The summed E-state index contributed by atoms with van der Waals surface area (Å²) in [5.74, 6) is -0.163. The van der Waals surface area contributed by atoms with Crippen LogP contribution in [0.2, 0.25) is 0 Å². The van der Waals surface area contributed by atoms with Crippen LogP contribution in [-0.2, 0) is 9.59 Å². The molecule has 0 atom stereocenters. The number of hydrogen-bond acceptors (Lipinski definition) is 6. The zero-order chi connectivity index (χ0) is 19.2. The molecule has 0 aromatic heterocycles. The van der Waals surface area contributed by atoms with E-state index in [0.717, 1.165) is 48.9 Å². The molecule has 0 aliphatic carbocycles. The zero-order valence-electron chi connectivity index (χ0n) is 15.6. The number of hydrogen-bond donors (Lipinski definition) is 2. The Bertz CT molecular complexity index is 763. The molecule has 3 amide bonds. The van der Waals surface area contributed by atoms with E-state index in [0.29, 0.717) is 31.0 Å². The minimum absolute atomic E-state index is 0. The van der Waals surface area contributed by atoms with Gasteiger partial charge in [0.05, 0.1) is 4.91 Å². The lowest BCUT2D eigenvalue weighted by atomic mass is 10.1. The van der Waals surface area contributed by atoms with E-state index in [-0.39, 0.29) is 29.5 Å². The molecule has 152 valence electrons. The number of imide groups is 1. The largest absolute Gasteiger partial charge is 0.367 e. The summed E-state index contributed by atoms with van der Waals surface area (Å²) in [6, 6.07) is 7.80. The van der Waals surface area contributed by atoms with Crippen LogP contribution in [0.1, 0.15) is 24.8 Å². The number of nitrogens with one attached hydrogen (secondary N) is 1. The summed E-state index contributed by atoms with van der Waals surface area (Å²) in [6.45, 7) is 3.46. The summed E-state index contributed by atoms with van der Waals surface area (Å²) < 4.78 is 0. The van der Waals surface area contributed by atoms with E-state index in [9.17, 15) is 14.4 Å². The lowest BCUT2D eigenvalue weighted by Crippen LogP contribution is -2.49. The highest BCUT2D eigenvalue weighted by atomic mass is 35.5. The van der Waals surface area contributed by atoms with Crippen LogP contribution in [0.3, 0.4) is 0 Å². The van der Waals surface area contributed by atoms with Gasteiger partial charge in [0.1, 0.15) is 0 Å². The van der Waals surface area contributed by atoms with E-state index in [1.807, 2.05) is 29.2 Å². The smallest absolute Gasteiger partial charge is 0.290 e. The van der Waals surface area contributed by atoms with E-state index in [1.54, 1.807) is 6.08 Å². The van der Waals surface area contributed by atoms with Crippen molar-refractivity contribution < 1.29 is 14.4 Å². The van der Waals surface area contributed by atoms with Gasteiger partial charge in [0.15, 0.2) is 0 Å². The molecule has 1 aromatic carbocycles. The molecule has 0 radical (unpaired) electrons. The molecule has 0 saturated carbocycles. The van der Waals surface area contributed by atoms with Crippen molar-refractivity contribution in [2.45, 2.75) is 19.3 Å². The Labute approximate surface area is 175 Å². The molecule has 0 spiro atoms. The normalized spacial score (nSPS) is 18.2. The molecule has 0 bridgehead atoms. The maximum absolute atomic E-state index is 12.3. The predicted octanol–water partition coefficient (Wildman–Crippen LogP) is 2.21. The third-order valence-corrected chi connectivity index (χ3v) is 5.49. The molecule has 2 saturated heterocycles. The molecule has 7 nitrogen and oxygen atoms in total. The number of nitrogens with two attached hydrogens (primary N) is 1. The van der Waals surface area contributed by atoms with E-state index < -0.39 is 0 Å². The summed E-state index contributed by atoms with van der Waals surface area (Å²) >= 11 is 0.919. The summed E-state index contributed by atoms with van der Waals surface area (Å²) in [5.41, 5.74) is 7.39. The van der Waals surface area contributed by atoms with Crippen LogP contribution in [0.25, 0.3) is 6.08 Å². The fourth-order valence-electron chi connectivity index (χ4n) is 3.24. The maximum Gasteiger partial charge on any atom is 0.290 e. The minimum atomic E-state index is -0.354. The van der Waals surface area contributed by atoms with Gasteiger partial charge in [-0.1, -0.05) is 18.2 Å². The Hall–Kier alpha value is -2.03. The number of carbonyl (C=O) groups is 3.